The summed E-state index contributed by atoms with van der Waals surface area (Å²) in [5, 5.41) is 9.45. The van der Waals surface area contributed by atoms with E-state index in [1.807, 2.05) is 24.3 Å². The van der Waals surface area contributed by atoms with Crippen molar-refractivity contribution in [1.29, 1.82) is 0 Å². The molecule has 1 aromatic heterocycles. The first-order valence-corrected chi connectivity index (χ1v) is 5.58. The maximum absolute atomic E-state index is 8.73. The second-order valence-electron chi connectivity index (χ2n) is 3.58. The fraction of sp³-hybridized carbons (Fsp3) is 0.250. The molecule has 0 radical (unpaired) electrons. The molecule has 2 aromatic rings. The van der Waals surface area contributed by atoms with Crippen LogP contribution in [-0.2, 0) is 6.42 Å². The Balaban J connectivity index is 2.15. The van der Waals surface area contributed by atoms with E-state index in [2.05, 4.69) is 9.97 Å². The van der Waals surface area contributed by atoms with Gasteiger partial charge in [-0.25, -0.2) is 4.98 Å². The van der Waals surface area contributed by atoms with Crippen LogP contribution >= 0.6 is 11.6 Å². The van der Waals surface area contributed by atoms with Crippen LogP contribution in [0.1, 0.15) is 12.2 Å². The molecule has 16 heavy (non-hydrogen) atoms. The molecule has 0 aliphatic rings. The summed E-state index contributed by atoms with van der Waals surface area (Å²) in [5.74, 6) is 0.902. The van der Waals surface area contributed by atoms with E-state index >= 15 is 0 Å². The quantitative estimate of drug-likeness (QED) is 0.858. The maximum atomic E-state index is 8.73. The Bertz CT molecular complexity index is 450. The van der Waals surface area contributed by atoms with Gasteiger partial charge in [0.25, 0.3) is 0 Å². The lowest BCUT2D eigenvalue weighted by molar-refractivity contribution is 0.287. The van der Waals surface area contributed by atoms with E-state index in [1.165, 1.54) is 0 Å². The molecule has 3 nitrogen and oxygen atoms in total. The SMILES string of the molecule is OCCCc1ncc(-c2ccc(Cl)cc2)[nH]1. The lowest BCUT2D eigenvalue weighted by atomic mass is 10.2. The molecule has 0 atom stereocenters. The number of hydrogen-bond donors (Lipinski definition) is 2. The van der Waals surface area contributed by atoms with Gasteiger partial charge in [-0.2, -0.15) is 0 Å². The van der Waals surface area contributed by atoms with E-state index in [9.17, 15) is 0 Å². The summed E-state index contributed by atoms with van der Waals surface area (Å²) in [6.45, 7) is 0.191. The fourth-order valence-corrected chi connectivity index (χ4v) is 1.64. The molecule has 0 aliphatic carbocycles. The third-order valence-corrected chi connectivity index (χ3v) is 2.61. The lowest BCUT2D eigenvalue weighted by Gasteiger charge is -1.97. The molecule has 0 amide bonds. The molecule has 0 aliphatic heterocycles. The van der Waals surface area contributed by atoms with E-state index in [1.54, 1.807) is 6.20 Å². The number of aliphatic hydroxyl groups excluding tert-OH is 1. The molecule has 84 valence electrons. The summed E-state index contributed by atoms with van der Waals surface area (Å²) in [7, 11) is 0. The molecule has 0 saturated heterocycles. The van der Waals surface area contributed by atoms with E-state index in [0.29, 0.717) is 0 Å². The summed E-state index contributed by atoms with van der Waals surface area (Å²) in [4.78, 5) is 7.47. The number of nitrogens with zero attached hydrogens (tertiary/aromatic N) is 1. The van der Waals surface area contributed by atoms with Gasteiger partial charge >= 0.3 is 0 Å². The zero-order valence-corrected chi connectivity index (χ0v) is 9.54. The topological polar surface area (TPSA) is 48.9 Å². The second kappa shape index (κ2) is 5.14. The number of aromatic nitrogens is 2. The Morgan fingerprint density at radius 1 is 1.25 bits per heavy atom. The van der Waals surface area contributed by atoms with Crippen LogP contribution in [0.4, 0.5) is 0 Å². The number of halogens is 1. The first-order chi connectivity index (χ1) is 7.79. The Hall–Kier alpha value is -1.32. The zero-order valence-electron chi connectivity index (χ0n) is 8.78. The Labute approximate surface area is 99.1 Å². The number of rotatable bonds is 4. The maximum Gasteiger partial charge on any atom is 0.106 e. The molecule has 0 saturated carbocycles. The zero-order chi connectivity index (χ0) is 11.4. The molecule has 0 spiro atoms. The number of imidazole rings is 1. The van der Waals surface area contributed by atoms with Crippen molar-refractivity contribution in [2.45, 2.75) is 12.8 Å². The van der Waals surface area contributed by atoms with Crippen LogP contribution in [-0.4, -0.2) is 21.7 Å². The van der Waals surface area contributed by atoms with Gasteiger partial charge in [-0.3, -0.25) is 0 Å². The molecule has 0 bridgehead atoms. The number of benzene rings is 1. The third kappa shape index (κ3) is 2.62. The molecule has 1 aromatic carbocycles. The monoisotopic (exact) mass is 236 g/mol. The highest BCUT2D eigenvalue weighted by Crippen LogP contribution is 2.19. The number of aryl methyl sites for hydroxylation is 1. The first kappa shape index (κ1) is 11.2. The lowest BCUT2D eigenvalue weighted by Crippen LogP contribution is -1.91. The van der Waals surface area contributed by atoms with Crippen LogP contribution in [0.5, 0.6) is 0 Å². The van der Waals surface area contributed by atoms with Crippen molar-refractivity contribution in [3.8, 4) is 11.3 Å². The van der Waals surface area contributed by atoms with Crippen molar-refractivity contribution in [2.75, 3.05) is 6.61 Å². The Morgan fingerprint density at radius 3 is 2.69 bits per heavy atom. The highest BCUT2D eigenvalue weighted by atomic mass is 35.5. The van der Waals surface area contributed by atoms with Crippen LogP contribution in [0.15, 0.2) is 30.5 Å². The first-order valence-electron chi connectivity index (χ1n) is 5.20. The molecule has 2 rings (SSSR count). The van der Waals surface area contributed by atoms with Crippen LogP contribution in [0.3, 0.4) is 0 Å². The van der Waals surface area contributed by atoms with Gasteiger partial charge in [0.1, 0.15) is 5.82 Å². The molecule has 0 fully saturated rings. The molecule has 4 heteroatoms. The smallest absolute Gasteiger partial charge is 0.106 e. The van der Waals surface area contributed by atoms with Gasteiger partial charge in [-0.05, 0) is 24.1 Å². The van der Waals surface area contributed by atoms with Crippen LogP contribution in [0.25, 0.3) is 11.3 Å². The number of aromatic amines is 1. The summed E-state index contributed by atoms with van der Waals surface area (Å²) in [5.41, 5.74) is 2.04. The number of aliphatic hydroxyl groups is 1. The van der Waals surface area contributed by atoms with Crippen LogP contribution < -0.4 is 0 Å². The minimum atomic E-state index is 0.191. The highest BCUT2D eigenvalue weighted by molar-refractivity contribution is 6.30. The molecule has 1 heterocycles. The average molecular weight is 237 g/mol. The van der Waals surface area contributed by atoms with Gasteiger partial charge in [0.15, 0.2) is 0 Å². The van der Waals surface area contributed by atoms with Crippen molar-refractivity contribution < 1.29 is 5.11 Å². The summed E-state index contributed by atoms with van der Waals surface area (Å²) in [6, 6.07) is 7.60. The fourth-order valence-electron chi connectivity index (χ4n) is 1.51. The van der Waals surface area contributed by atoms with Crippen molar-refractivity contribution in [1.82, 2.24) is 9.97 Å². The van der Waals surface area contributed by atoms with E-state index < -0.39 is 0 Å². The summed E-state index contributed by atoms with van der Waals surface area (Å²) < 4.78 is 0. The Morgan fingerprint density at radius 2 is 2.00 bits per heavy atom. The number of hydrogen-bond acceptors (Lipinski definition) is 2. The molecular weight excluding hydrogens is 224 g/mol. The van der Waals surface area contributed by atoms with Gasteiger partial charge < -0.3 is 10.1 Å². The Kier molecular flexibility index (Phi) is 3.59. The number of H-pyrrole nitrogens is 1. The van der Waals surface area contributed by atoms with E-state index in [0.717, 1.165) is 34.9 Å². The van der Waals surface area contributed by atoms with E-state index in [4.69, 9.17) is 16.7 Å². The second-order valence-corrected chi connectivity index (χ2v) is 4.01. The van der Waals surface area contributed by atoms with Crippen molar-refractivity contribution in [3.05, 3.63) is 41.3 Å². The molecular formula is C12H13ClN2O. The minimum absolute atomic E-state index is 0.191. The van der Waals surface area contributed by atoms with Crippen molar-refractivity contribution in [3.63, 3.8) is 0 Å². The van der Waals surface area contributed by atoms with E-state index in [-0.39, 0.29) is 6.61 Å². The van der Waals surface area contributed by atoms with Gasteiger partial charge in [0, 0.05) is 18.1 Å². The van der Waals surface area contributed by atoms with Crippen LogP contribution in [0, 0.1) is 0 Å². The predicted molar refractivity (Wildman–Crippen MR) is 64.4 cm³/mol. The largest absolute Gasteiger partial charge is 0.396 e. The summed E-state index contributed by atoms with van der Waals surface area (Å²) in [6.07, 6.45) is 3.30. The van der Waals surface area contributed by atoms with Crippen LogP contribution in [0.2, 0.25) is 5.02 Å². The summed E-state index contributed by atoms with van der Waals surface area (Å²) >= 11 is 5.82. The van der Waals surface area contributed by atoms with Gasteiger partial charge in [0.05, 0.1) is 11.9 Å². The van der Waals surface area contributed by atoms with Gasteiger partial charge in [0.2, 0.25) is 0 Å². The predicted octanol–water partition coefficient (Wildman–Crippen LogP) is 2.66. The standard InChI is InChI=1S/C12H13ClN2O/c13-10-5-3-9(4-6-10)11-8-14-12(15-11)2-1-7-16/h3-6,8,16H,1-2,7H2,(H,14,15). The van der Waals surface area contributed by atoms with Crippen molar-refractivity contribution >= 4 is 11.6 Å². The highest BCUT2D eigenvalue weighted by Gasteiger charge is 2.02. The third-order valence-electron chi connectivity index (χ3n) is 2.36. The molecule has 0 unspecified atom stereocenters. The average Bonchev–Trinajstić information content (AvgIpc) is 2.76. The minimum Gasteiger partial charge on any atom is -0.396 e. The normalized spacial score (nSPS) is 10.6. The molecule has 2 N–H and O–H groups in total. The van der Waals surface area contributed by atoms with Gasteiger partial charge in [-0.1, -0.05) is 23.7 Å². The number of nitrogens with one attached hydrogen (secondary N) is 1. The van der Waals surface area contributed by atoms with Gasteiger partial charge in [-0.15, -0.1) is 0 Å². The van der Waals surface area contributed by atoms with Crippen molar-refractivity contribution in [2.24, 2.45) is 0 Å².